The summed E-state index contributed by atoms with van der Waals surface area (Å²) in [5.74, 6) is 0.0314. The minimum absolute atomic E-state index is 0.0157. The van der Waals surface area contributed by atoms with Crippen LogP contribution in [0.25, 0.3) is 0 Å². The number of aromatic nitrogens is 3. The molecule has 0 aromatic carbocycles. The first-order valence-corrected chi connectivity index (χ1v) is 29.1. The molecule has 0 amide bonds. The zero-order valence-corrected chi connectivity index (χ0v) is 44.3. The Kier molecular flexibility index (Phi) is 45.1. The van der Waals surface area contributed by atoms with Crippen LogP contribution in [0, 0.1) is 0 Å². The van der Waals surface area contributed by atoms with Crippen LogP contribution in [0.2, 0.25) is 0 Å². The quantitative estimate of drug-likeness (QED) is 0.0508. The second-order valence-corrected chi connectivity index (χ2v) is 20.1. The Balaban J connectivity index is 2.47. The van der Waals surface area contributed by atoms with E-state index in [9.17, 15) is 14.7 Å². The van der Waals surface area contributed by atoms with Gasteiger partial charge in [0.1, 0.15) is 12.2 Å². The molecule has 1 rings (SSSR count). The Hall–Kier alpha value is -2.00. The topological polar surface area (TPSA) is 107 Å². The fourth-order valence-corrected chi connectivity index (χ4v) is 9.30. The number of hydrogen-bond acceptors (Lipinski definition) is 8. The van der Waals surface area contributed by atoms with Gasteiger partial charge in [0.05, 0.1) is 12.2 Å². The van der Waals surface area contributed by atoms with Crippen molar-refractivity contribution >= 4 is 11.9 Å². The first kappa shape index (κ1) is 62.0. The van der Waals surface area contributed by atoms with E-state index in [1.807, 2.05) is 10.9 Å². The molecule has 0 aliphatic rings. The van der Waals surface area contributed by atoms with Crippen LogP contribution < -0.4 is 0 Å². The molecule has 1 heterocycles. The molecule has 0 spiro atoms. The number of rotatable bonds is 52. The van der Waals surface area contributed by atoms with Gasteiger partial charge in [-0.3, -0.25) is 14.3 Å². The van der Waals surface area contributed by atoms with Gasteiger partial charge >= 0.3 is 11.9 Å². The van der Waals surface area contributed by atoms with Crippen LogP contribution in [-0.4, -0.2) is 75.4 Å². The van der Waals surface area contributed by atoms with E-state index in [1.165, 1.54) is 167 Å². The minimum Gasteiger partial charge on any atom is -0.462 e. The smallest absolute Gasteiger partial charge is 0.306 e. The predicted molar refractivity (Wildman–Crippen MR) is 279 cm³/mol. The Labute approximate surface area is 408 Å². The van der Waals surface area contributed by atoms with E-state index in [0.29, 0.717) is 19.3 Å². The number of aliphatic hydroxyl groups is 1. The molecule has 0 aliphatic carbocycles. The van der Waals surface area contributed by atoms with E-state index in [1.54, 1.807) is 0 Å². The second kappa shape index (κ2) is 48.0. The summed E-state index contributed by atoms with van der Waals surface area (Å²) in [6.45, 7) is 13.1. The maximum atomic E-state index is 12.9. The SMILES string of the molecule is CCCCCCCCC(CCCCCCCC)OC(=O)CCCCCCCN(CCCCCCCC(=O)OC(CCCCCCCC)CCCCCCCC)CCn1cc(CCCO)nn1. The van der Waals surface area contributed by atoms with Gasteiger partial charge in [-0.2, -0.15) is 0 Å². The van der Waals surface area contributed by atoms with E-state index < -0.39 is 0 Å². The molecule has 1 aromatic rings. The molecule has 0 radical (unpaired) electrons. The average molecular weight is 932 g/mol. The number of nitrogens with zero attached hydrogens (tertiary/aromatic N) is 4. The Bertz CT molecular complexity index is 1080. The van der Waals surface area contributed by atoms with E-state index in [2.05, 4.69) is 42.9 Å². The van der Waals surface area contributed by atoms with Crippen molar-refractivity contribution < 1.29 is 24.2 Å². The lowest BCUT2D eigenvalue weighted by Crippen LogP contribution is -2.30. The number of aryl methyl sites for hydroxylation is 1. The van der Waals surface area contributed by atoms with Crippen molar-refractivity contribution in [1.29, 1.82) is 0 Å². The molecule has 1 aromatic heterocycles. The molecular weight excluding hydrogens is 821 g/mol. The van der Waals surface area contributed by atoms with Crippen molar-refractivity contribution in [3.63, 3.8) is 0 Å². The zero-order valence-electron chi connectivity index (χ0n) is 44.3. The largest absolute Gasteiger partial charge is 0.462 e. The molecule has 0 aliphatic heterocycles. The van der Waals surface area contributed by atoms with Gasteiger partial charge in [-0.15, -0.1) is 5.10 Å². The van der Waals surface area contributed by atoms with E-state index in [-0.39, 0.29) is 30.8 Å². The van der Waals surface area contributed by atoms with Crippen molar-refractivity contribution in [2.75, 3.05) is 26.2 Å². The Morgan fingerprint density at radius 3 is 1.21 bits per heavy atom. The van der Waals surface area contributed by atoms with Crippen molar-refractivity contribution in [2.24, 2.45) is 0 Å². The van der Waals surface area contributed by atoms with Gasteiger partial charge in [-0.1, -0.05) is 200 Å². The van der Waals surface area contributed by atoms with Gasteiger partial charge in [0.25, 0.3) is 0 Å². The van der Waals surface area contributed by atoms with Gasteiger partial charge in [0, 0.05) is 32.2 Å². The molecule has 0 saturated heterocycles. The molecule has 0 saturated carbocycles. The van der Waals surface area contributed by atoms with Crippen LogP contribution in [0.1, 0.15) is 297 Å². The van der Waals surface area contributed by atoms with Gasteiger partial charge in [0.15, 0.2) is 0 Å². The molecule has 0 unspecified atom stereocenters. The molecule has 9 heteroatoms. The Morgan fingerprint density at radius 2 is 0.833 bits per heavy atom. The summed E-state index contributed by atoms with van der Waals surface area (Å²) in [5.41, 5.74) is 0.945. The highest BCUT2D eigenvalue weighted by Crippen LogP contribution is 2.20. The third kappa shape index (κ3) is 39.9. The fraction of sp³-hybridized carbons (Fsp3) is 0.930. The lowest BCUT2D eigenvalue weighted by molar-refractivity contribution is -0.151. The summed E-state index contributed by atoms with van der Waals surface area (Å²) < 4.78 is 14.2. The molecule has 1 N–H and O–H groups in total. The lowest BCUT2D eigenvalue weighted by Gasteiger charge is -2.22. The summed E-state index contributed by atoms with van der Waals surface area (Å²) in [5, 5.41) is 17.9. The first-order valence-electron chi connectivity index (χ1n) is 29.1. The van der Waals surface area contributed by atoms with Crippen LogP contribution in [0.15, 0.2) is 6.20 Å². The molecular formula is C57H110N4O5. The molecule has 0 bridgehead atoms. The molecule has 9 nitrogen and oxygen atoms in total. The third-order valence-corrected chi connectivity index (χ3v) is 13.6. The molecule has 0 atom stereocenters. The number of ether oxygens (including phenoxy) is 2. The standard InChI is InChI=1S/C57H110N4O5/c1-5-9-13-17-23-31-41-54(42-32-24-18-14-10-6-2)65-56(63)45-35-27-21-29-37-47-60(49-50-61-52-53(58-59-61)40-39-51-62)48-38-30-22-28-36-46-57(64)66-55(43-33-25-19-15-11-7-3)44-34-26-20-16-12-8-4/h52,54-55,62H,5-51H2,1-4H3. The summed E-state index contributed by atoms with van der Waals surface area (Å²) in [6, 6.07) is 0. The highest BCUT2D eigenvalue weighted by molar-refractivity contribution is 5.69. The second-order valence-electron chi connectivity index (χ2n) is 20.1. The Morgan fingerprint density at radius 1 is 0.485 bits per heavy atom. The van der Waals surface area contributed by atoms with Crippen molar-refractivity contribution in [2.45, 2.75) is 316 Å². The summed E-state index contributed by atoms with van der Waals surface area (Å²) in [4.78, 5) is 28.4. The average Bonchev–Trinajstić information content (AvgIpc) is 3.78. The zero-order chi connectivity index (χ0) is 47.8. The van der Waals surface area contributed by atoms with Crippen LogP contribution in [0.4, 0.5) is 0 Å². The third-order valence-electron chi connectivity index (χ3n) is 13.6. The number of aliphatic hydroxyl groups excluding tert-OH is 1. The first-order chi connectivity index (χ1) is 32.4. The van der Waals surface area contributed by atoms with Crippen molar-refractivity contribution in [3.8, 4) is 0 Å². The molecule has 66 heavy (non-hydrogen) atoms. The fourth-order valence-electron chi connectivity index (χ4n) is 9.30. The maximum Gasteiger partial charge on any atom is 0.306 e. The highest BCUT2D eigenvalue weighted by atomic mass is 16.5. The van der Waals surface area contributed by atoms with E-state index >= 15 is 0 Å². The van der Waals surface area contributed by atoms with Gasteiger partial charge in [-0.05, 0) is 103 Å². The lowest BCUT2D eigenvalue weighted by atomic mass is 10.0. The number of carbonyl (C=O) groups excluding carboxylic acids is 2. The number of esters is 2. The summed E-state index contributed by atoms with van der Waals surface area (Å²) in [6.07, 6.45) is 50.6. The van der Waals surface area contributed by atoms with Crippen LogP contribution >= 0.6 is 0 Å². The molecule has 388 valence electrons. The van der Waals surface area contributed by atoms with Gasteiger partial charge in [-0.25, -0.2) is 0 Å². The van der Waals surface area contributed by atoms with Crippen LogP contribution in [0.3, 0.4) is 0 Å². The number of unbranched alkanes of at least 4 members (excludes halogenated alkanes) is 28. The normalized spacial score (nSPS) is 11.8. The van der Waals surface area contributed by atoms with Crippen molar-refractivity contribution in [1.82, 2.24) is 19.9 Å². The predicted octanol–water partition coefficient (Wildman–Crippen LogP) is 16.0. The maximum absolute atomic E-state index is 12.9. The summed E-state index contributed by atoms with van der Waals surface area (Å²) in [7, 11) is 0. The van der Waals surface area contributed by atoms with Crippen LogP contribution in [0.5, 0.6) is 0 Å². The number of carbonyl (C=O) groups is 2. The summed E-state index contributed by atoms with van der Waals surface area (Å²) >= 11 is 0. The van der Waals surface area contributed by atoms with E-state index in [0.717, 1.165) is 115 Å². The van der Waals surface area contributed by atoms with Gasteiger partial charge < -0.3 is 19.5 Å². The molecule has 0 fully saturated rings. The minimum atomic E-state index is 0.0157. The van der Waals surface area contributed by atoms with Crippen LogP contribution in [-0.2, 0) is 32.0 Å². The monoisotopic (exact) mass is 931 g/mol. The highest BCUT2D eigenvalue weighted by Gasteiger charge is 2.16. The van der Waals surface area contributed by atoms with Crippen molar-refractivity contribution in [3.05, 3.63) is 11.9 Å². The number of hydrogen-bond donors (Lipinski definition) is 1. The van der Waals surface area contributed by atoms with E-state index in [4.69, 9.17) is 9.47 Å². The van der Waals surface area contributed by atoms with Gasteiger partial charge in [0.2, 0.25) is 0 Å².